The van der Waals surface area contributed by atoms with Crippen molar-refractivity contribution in [2.24, 2.45) is 0 Å². The summed E-state index contributed by atoms with van der Waals surface area (Å²) < 4.78 is 5.20. The molecule has 0 rings (SSSR count). The van der Waals surface area contributed by atoms with E-state index in [0.29, 0.717) is 0 Å². The summed E-state index contributed by atoms with van der Waals surface area (Å²) in [6.45, 7) is 5.67. The number of rotatable bonds is 6. The van der Waals surface area contributed by atoms with Gasteiger partial charge in [-0.25, -0.2) is 0 Å². The Labute approximate surface area is 70.1 Å². The van der Waals surface area contributed by atoms with E-state index in [1.54, 1.807) is 0 Å². The molecule has 0 aromatic carbocycles. The molecule has 0 unspecified atom stereocenters. The Bertz CT molecular complexity index is 119. The SMILES string of the molecule is CC#CCCCCCOCC. The van der Waals surface area contributed by atoms with Gasteiger partial charge < -0.3 is 4.74 Å². The third kappa shape index (κ3) is 9.52. The van der Waals surface area contributed by atoms with E-state index in [9.17, 15) is 0 Å². The molecule has 11 heavy (non-hydrogen) atoms. The van der Waals surface area contributed by atoms with Crippen molar-refractivity contribution in [3.05, 3.63) is 0 Å². The fourth-order valence-electron chi connectivity index (χ4n) is 0.864. The molecule has 0 aromatic rings. The molecule has 0 bridgehead atoms. The van der Waals surface area contributed by atoms with Crippen LogP contribution in [0.15, 0.2) is 0 Å². The highest BCUT2D eigenvalue weighted by Crippen LogP contribution is 1.98. The Morgan fingerprint density at radius 2 is 2.00 bits per heavy atom. The molecular weight excluding hydrogens is 136 g/mol. The smallest absolute Gasteiger partial charge is 0.0465 e. The zero-order valence-corrected chi connectivity index (χ0v) is 7.65. The maximum Gasteiger partial charge on any atom is 0.0465 e. The largest absolute Gasteiger partial charge is 0.382 e. The topological polar surface area (TPSA) is 9.23 Å². The van der Waals surface area contributed by atoms with Crippen molar-refractivity contribution in [3.8, 4) is 11.8 Å². The van der Waals surface area contributed by atoms with Gasteiger partial charge in [-0.1, -0.05) is 6.42 Å². The fraction of sp³-hybridized carbons (Fsp3) is 0.800. The normalized spacial score (nSPS) is 8.91. The predicted molar refractivity (Wildman–Crippen MR) is 48.4 cm³/mol. The van der Waals surface area contributed by atoms with Gasteiger partial charge in [-0.15, -0.1) is 11.8 Å². The minimum absolute atomic E-state index is 0.842. The van der Waals surface area contributed by atoms with Gasteiger partial charge in [0.25, 0.3) is 0 Å². The Hall–Kier alpha value is -0.480. The lowest BCUT2D eigenvalue weighted by atomic mass is 10.2. The van der Waals surface area contributed by atoms with Crippen LogP contribution >= 0.6 is 0 Å². The third-order valence-corrected chi connectivity index (χ3v) is 1.47. The van der Waals surface area contributed by atoms with Crippen LogP contribution in [0.25, 0.3) is 0 Å². The maximum atomic E-state index is 5.20. The van der Waals surface area contributed by atoms with Crippen LogP contribution in [-0.4, -0.2) is 13.2 Å². The molecule has 0 fully saturated rings. The molecule has 64 valence electrons. The van der Waals surface area contributed by atoms with Crippen LogP contribution in [0.1, 0.15) is 39.5 Å². The second-order valence-electron chi connectivity index (χ2n) is 2.43. The van der Waals surface area contributed by atoms with E-state index >= 15 is 0 Å². The van der Waals surface area contributed by atoms with E-state index in [0.717, 1.165) is 19.6 Å². The van der Waals surface area contributed by atoms with Gasteiger partial charge in [-0.2, -0.15) is 0 Å². The number of hydrogen-bond acceptors (Lipinski definition) is 1. The molecule has 0 heterocycles. The van der Waals surface area contributed by atoms with Gasteiger partial charge >= 0.3 is 0 Å². The summed E-state index contributed by atoms with van der Waals surface area (Å²) in [7, 11) is 0. The van der Waals surface area contributed by atoms with E-state index in [1.165, 1.54) is 19.3 Å². The van der Waals surface area contributed by atoms with Crippen LogP contribution in [0.3, 0.4) is 0 Å². The lowest BCUT2D eigenvalue weighted by molar-refractivity contribution is 0.143. The van der Waals surface area contributed by atoms with E-state index < -0.39 is 0 Å². The number of hydrogen-bond donors (Lipinski definition) is 0. The first kappa shape index (κ1) is 10.5. The molecular formula is C10H18O. The predicted octanol–water partition coefficient (Wildman–Crippen LogP) is 2.61. The summed E-state index contributed by atoms with van der Waals surface area (Å²) in [5.74, 6) is 5.94. The molecule has 0 atom stereocenters. The summed E-state index contributed by atoms with van der Waals surface area (Å²) >= 11 is 0. The van der Waals surface area contributed by atoms with Gasteiger partial charge in [0.1, 0.15) is 0 Å². The average molecular weight is 154 g/mol. The van der Waals surface area contributed by atoms with Gasteiger partial charge in [0, 0.05) is 19.6 Å². The quantitative estimate of drug-likeness (QED) is 0.422. The van der Waals surface area contributed by atoms with Crippen LogP contribution in [0.2, 0.25) is 0 Å². The van der Waals surface area contributed by atoms with Crippen LogP contribution in [-0.2, 0) is 4.74 Å². The average Bonchev–Trinajstić information content (AvgIpc) is 2.03. The summed E-state index contributed by atoms with van der Waals surface area (Å²) in [5, 5.41) is 0. The fourth-order valence-corrected chi connectivity index (χ4v) is 0.864. The van der Waals surface area contributed by atoms with Gasteiger partial charge in [0.15, 0.2) is 0 Å². The second-order valence-corrected chi connectivity index (χ2v) is 2.43. The minimum atomic E-state index is 0.842. The van der Waals surface area contributed by atoms with Crippen molar-refractivity contribution >= 4 is 0 Å². The molecule has 0 aliphatic heterocycles. The van der Waals surface area contributed by atoms with Gasteiger partial charge in [0.2, 0.25) is 0 Å². The Morgan fingerprint density at radius 3 is 2.64 bits per heavy atom. The summed E-state index contributed by atoms with van der Waals surface area (Å²) in [5.41, 5.74) is 0. The van der Waals surface area contributed by atoms with Crippen molar-refractivity contribution in [3.63, 3.8) is 0 Å². The monoisotopic (exact) mass is 154 g/mol. The Kier molecular flexibility index (Phi) is 9.10. The van der Waals surface area contributed by atoms with Crippen molar-refractivity contribution < 1.29 is 4.74 Å². The summed E-state index contributed by atoms with van der Waals surface area (Å²) in [6, 6.07) is 0. The first-order chi connectivity index (χ1) is 5.41. The number of ether oxygens (including phenoxy) is 1. The van der Waals surface area contributed by atoms with Crippen molar-refractivity contribution in [2.75, 3.05) is 13.2 Å². The van der Waals surface area contributed by atoms with E-state index in [2.05, 4.69) is 11.8 Å². The molecule has 1 nitrogen and oxygen atoms in total. The van der Waals surface area contributed by atoms with Crippen LogP contribution in [0.5, 0.6) is 0 Å². The van der Waals surface area contributed by atoms with Crippen molar-refractivity contribution in [1.29, 1.82) is 0 Å². The lowest BCUT2D eigenvalue weighted by Gasteiger charge is -1.98. The highest BCUT2D eigenvalue weighted by molar-refractivity contribution is 4.94. The standard InChI is InChI=1S/C10H18O/c1-3-5-6-7-8-9-10-11-4-2/h4,6-10H2,1-2H3. The molecule has 0 amide bonds. The molecule has 0 N–H and O–H groups in total. The number of unbranched alkanes of at least 4 members (excludes halogenated alkanes) is 3. The molecule has 0 aliphatic rings. The first-order valence-electron chi connectivity index (χ1n) is 4.39. The zero-order chi connectivity index (χ0) is 8.36. The van der Waals surface area contributed by atoms with Gasteiger partial charge in [-0.05, 0) is 26.7 Å². The lowest BCUT2D eigenvalue weighted by Crippen LogP contribution is -1.92. The van der Waals surface area contributed by atoms with Gasteiger partial charge in [-0.3, -0.25) is 0 Å². The second kappa shape index (κ2) is 9.52. The van der Waals surface area contributed by atoms with E-state index in [4.69, 9.17) is 4.74 Å². The van der Waals surface area contributed by atoms with Crippen LogP contribution in [0.4, 0.5) is 0 Å². The minimum Gasteiger partial charge on any atom is -0.382 e. The maximum absolute atomic E-state index is 5.20. The molecule has 0 saturated heterocycles. The molecule has 0 radical (unpaired) electrons. The first-order valence-corrected chi connectivity index (χ1v) is 4.39. The van der Waals surface area contributed by atoms with Crippen molar-refractivity contribution in [2.45, 2.75) is 39.5 Å². The highest BCUT2D eigenvalue weighted by atomic mass is 16.5. The van der Waals surface area contributed by atoms with Crippen LogP contribution in [0, 0.1) is 11.8 Å². The molecule has 0 aromatic heterocycles. The van der Waals surface area contributed by atoms with E-state index in [-0.39, 0.29) is 0 Å². The van der Waals surface area contributed by atoms with Crippen LogP contribution < -0.4 is 0 Å². The highest BCUT2D eigenvalue weighted by Gasteiger charge is 1.86. The van der Waals surface area contributed by atoms with Crippen molar-refractivity contribution in [1.82, 2.24) is 0 Å². The van der Waals surface area contributed by atoms with E-state index in [1.807, 2.05) is 13.8 Å². The Balaban J connectivity index is 2.83. The molecule has 0 aliphatic carbocycles. The summed E-state index contributed by atoms with van der Waals surface area (Å²) in [6.07, 6.45) is 4.68. The third-order valence-electron chi connectivity index (χ3n) is 1.47. The molecule has 1 heteroatoms. The molecule has 0 saturated carbocycles. The zero-order valence-electron chi connectivity index (χ0n) is 7.65. The summed E-state index contributed by atoms with van der Waals surface area (Å²) in [4.78, 5) is 0. The molecule has 0 spiro atoms. The Morgan fingerprint density at radius 1 is 1.18 bits per heavy atom. The van der Waals surface area contributed by atoms with Gasteiger partial charge in [0.05, 0.1) is 0 Å².